The van der Waals surface area contributed by atoms with Crippen LogP contribution < -0.4 is 5.32 Å². The molecule has 12 heteroatoms. The van der Waals surface area contributed by atoms with Gasteiger partial charge in [-0.25, -0.2) is 4.79 Å². The number of furan rings is 1. The molecule has 5 saturated carbocycles. The van der Waals surface area contributed by atoms with E-state index in [-0.39, 0.29) is 42.5 Å². The molecule has 2 spiro atoms. The number of aliphatic hydroxyl groups excluding tert-OH is 2. The Morgan fingerprint density at radius 1 is 0.894 bits per heavy atom. The van der Waals surface area contributed by atoms with Crippen LogP contribution in [-0.2, 0) is 46.2 Å². The van der Waals surface area contributed by atoms with Crippen LogP contribution in [0.2, 0.25) is 0 Å². The summed E-state index contributed by atoms with van der Waals surface area (Å²) in [5, 5.41) is 28.9. The molecule has 19 atom stereocenters. The number of epoxide rings is 1. The molecule has 12 nitrogen and oxygen atoms in total. The lowest BCUT2D eigenvalue weighted by molar-refractivity contribution is -0.276. The summed E-state index contributed by atoms with van der Waals surface area (Å²) in [6, 6.07) is 13.0. The molecular formula is C54H68N2O10. The second-order valence-electron chi connectivity index (χ2n) is 23.9. The number of carbonyl (C=O) groups excluding carboxylic acids is 3. The van der Waals surface area contributed by atoms with Gasteiger partial charge in [-0.05, 0) is 137 Å². The van der Waals surface area contributed by atoms with E-state index < -0.39 is 69.9 Å². The van der Waals surface area contributed by atoms with Gasteiger partial charge in [0.05, 0.1) is 43.1 Å². The molecule has 1 aromatic carbocycles. The van der Waals surface area contributed by atoms with E-state index in [9.17, 15) is 19.8 Å². The summed E-state index contributed by atoms with van der Waals surface area (Å²) in [7, 11) is 0. The first kappa shape index (κ1) is 42.5. The van der Waals surface area contributed by atoms with Crippen molar-refractivity contribution in [2.24, 2.45) is 69.5 Å². The molecule has 13 rings (SSSR count). The number of ether oxygens (including phenoxy) is 4. The number of Topliss-reactive ketones (excluding diaryl/α,β-unsaturated/α-hetero) is 1. The maximum Gasteiger partial charge on any atom is 0.339 e. The maximum atomic E-state index is 15.6. The summed E-state index contributed by atoms with van der Waals surface area (Å²) in [5.41, 5.74) is -3.12. The zero-order chi connectivity index (χ0) is 45.1. The number of cyclic esters (lactones) is 2. The number of hydrogen-bond acceptors (Lipinski definition) is 12. The molecule has 1 aromatic heterocycles. The summed E-state index contributed by atoms with van der Waals surface area (Å²) in [4.78, 5) is 46.1. The number of aliphatic hydroxyl groups is 2. The smallest absolute Gasteiger partial charge is 0.339 e. The van der Waals surface area contributed by atoms with Gasteiger partial charge in [0.1, 0.15) is 30.2 Å². The van der Waals surface area contributed by atoms with Gasteiger partial charge in [0.15, 0.2) is 11.9 Å². The van der Waals surface area contributed by atoms with Gasteiger partial charge in [0, 0.05) is 40.8 Å². The minimum Gasteiger partial charge on any atom is -0.469 e. The molecule has 5 aliphatic carbocycles. The third-order valence-corrected chi connectivity index (χ3v) is 21.0. The van der Waals surface area contributed by atoms with E-state index in [2.05, 4.69) is 53.7 Å². The number of ketones is 1. The van der Waals surface area contributed by atoms with Crippen molar-refractivity contribution in [3.63, 3.8) is 0 Å². The summed E-state index contributed by atoms with van der Waals surface area (Å²) in [6.07, 6.45) is 12.4. The standard InChI is InChI=1S/C54H68N2O10/c1-50(2)45-44(59)46(60)53(33-11-7-10-30(21-33)20-29-8-5-4-6-9-29)41(52(45)27-63-43(58)25-42(52)65-50)14-17-51(3)47(64-49(61)48-54(51,53)66-48)34-16-19-62-40(34)24-37-35-22-32-15-18-56-28-55-26-38(56)36(32)23-31(35)12-13-39(37)57/h4-6,8-9,15-16,18-19,30-33,35-39,41-42,45-48,55,57,60H,7,10-14,17,20-28H2,1-3H3. The highest BCUT2D eigenvalue weighted by atomic mass is 16.7. The van der Waals surface area contributed by atoms with Crippen molar-refractivity contribution in [3.05, 3.63) is 71.8 Å². The van der Waals surface area contributed by atoms with Crippen LogP contribution in [0, 0.1) is 69.5 Å². The third-order valence-electron chi connectivity index (χ3n) is 21.0. The van der Waals surface area contributed by atoms with Gasteiger partial charge in [-0.2, -0.15) is 0 Å². The van der Waals surface area contributed by atoms with Gasteiger partial charge in [-0.3, -0.25) is 14.9 Å². The largest absolute Gasteiger partial charge is 0.469 e. The van der Waals surface area contributed by atoms with Crippen molar-refractivity contribution in [3.8, 4) is 0 Å². The third kappa shape index (κ3) is 5.54. The van der Waals surface area contributed by atoms with Gasteiger partial charge >= 0.3 is 11.9 Å². The van der Waals surface area contributed by atoms with Crippen molar-refractivity contribution >= 4 is 17.7 Å². The number of esters is 2. The van der Waals surface area contributed by atoms with Crippen LogP contribution in [0.3, 0.4) is 0 Å². The molecule has 0 bridgehead atoms. The summed E-state index contributed by atoms with van der Waals surface area (Å²) >= 11 is 0. The number of hydrogen-bond donors (Lipinski definition) is 3. The predicted molar refractivity (Wildman–Crippen MR) is 239 cm³/mol. The first-order valence-corrected chi connectivity index (χ1v) is 25.7. The molecule has 2 aromatic rings. The molecular weight excluding hydrogens is 837 g/mol. The normalized spacial score (nSPS) is 49.4. The first-order valence-electron chi connectivity index (χ1n) is 25.7. The van der Waals surface area contributed by atoms with Gasteiger partial charge in [0.25, 0.3) is 0 Å². The van der Waals surface area contributed by atoms with Gasteiger partial charge < -0.3 is 38.5 Å². The Hall–Kier alpha value is -3.55. The number of allylic oxidation sites excluding steroid dienone is 1. The molecule has 7 heterocycles. The van der Waals surface area contributed by atoms with Gasteiger partial charge in [-0.15, -0.1) is 0 Å². The van der Waals surface area contributed by atoms with Crippen molar-refractivity contribution in [2.75, 3.05) is 19.8 Å². The molecule has 0 amide bonds. The molecule has 10 fully saturated rings. The van der Waals surface area contributed by atoms with Crippen LogP contribution in [0.15, 0.2) is 59.4 Å². The number of nitrogens with zero attached hydrogens (tertiary/aromatic N) is 1. The van der Waals surface area contributed by atoms with Crippen molar-refractivity contribution < 1.29 is 48.0 Å². The van der Waals surface area contributed by atoms with Crippen molar-refractivity contribution in [2.45, 2.75) is 152 Å². The van der Waals surface area contributed by atoms with Crippen LogP contribution in [0.5, 0.6) is 0 Å². The van der Waals surface area contributed by atoms with E-state index in [0.29, 0.717) is 54.9 Å². The predicted octanol–water partition coefficient (Wildman–Crippen LogP) is 6.47. The van der Waals surface area contributed by atoms with Crippen LogP contribution in [-0.4, -0.2) is 94.3 Å². The fourth-order valence-electron chi connectivity index (χ4n) is 18.7. The summed E-state index contributed by atoms with van der Waals surface area (Å²) in [6.45, 7) is 8.01. The number of fused-ring (bicyclic) bond motifs is 5. The van der Waals surface area contributed by atoms with Crippen molar-refractivity contribution in [1.29, 1.82) is 0 Å². The summed E-state index contributed by atoms with van der Waals surface area (Å²) < 4.78 is 33.2. The Balaban J connectivity index is 0.900. The minimum atomic E-state index is -1.44. The fraction of sp³-hybridized carbons (Fsp3) is 0.722. The Kier molecular flexibility index (Phi) is 9.50. The Morgan fingerprint density at radius 3 is 2.59 bits per heavy atom. The molecule has 5 saturated heterocycles. The van der Waals surface area contributed by atoms with Crippen LogP contribution >= 0.6 is 0 Å². The monoisotopic (exact) mass is 904 g/mol. The number of nitrogens with one attached hydrogen (secondary N) is 1. The van der Waals surface area contributed by atoms with Crippen LogP contribution in [0.25, 0.3) is 0 Å². The molecule has 354 valence electrons. The zero-order valence-corrected chi connectivity index (χ0v) is 38.8. The zero-order valence-electron chi connectivity index (χ0n) is 38.8. The average Bonchev–Trinajstić information content (AvgIpc) is 3.54. The second-order valence-corrected chi connectivity index (χ2v) is 23.9. The quantitative estimate of drug-likeness (QED) is 0.215. The lowest BCUT2D eigenvalue weighted by Gasteiger charge is -2.70. The van der Waals surface area contributed by atoms with Gasteiger partial charge in [-0.1, -0.05) is 56.2 Å². The van der Waals surface area contributed by atoms with Crippen molar-refractivity contribution in [1.82, 2.24) is 10.2 Å². The number of carbonyl (C=O) groups is 3. The van der Waals surface area contributed by atoms with Gasteiger partial charge in [0.2, 0.25) is 0 Å². The lowest BCUT2D eigenvalue weighted by Crippen LogP contribution is -2.79. The van der Waals surface area contributed by atoms with E-state index in [1.54, 1.807) is 6.26 Å². The van der Waals surface area contributed by atoms with E-state index >= 15 is 4.79 Å². The SMILES string of the molecule is CC1(C)OC2CC(=O)OCC23C1C(=O)C(O)C1(C2CCCC(Cc4ccccc4)C2)C3CCC2(C)C(c3ccoc3CC3C(O)CCC4CC5C(C=CN6CNCC56)CC43)OC(=O)C3OC321. The minimum absolute atomic E-state index is 0.00920. The Morgan fingerprint density at radius 2 is 1.74 bits per heavy atom. The topological polar surface area (TPSA) is 160 Å². The molecule has 6 aliphatic heterocycles. The first-order chi connectivity index (χ1) is 31.8. The molecule has 11 aliphatic rings. The summed E-state index contributed by atoms with van der Waals surface area (Å²) in [5.74, 6) is 0.661. The second kappa shape index (κ2) is 14.7. The highest BCUT2D eigenvalue weighted by Gasteiger charge is 2.93. The van der Waals surface area contributed by atoms with Crippen LogP contribution in [0.4, 0.5) is 0 Å². The van der Waals surface area contributed by atoms with E-state index in [0.717, 1.165) is 75.9 Å². The van der Waals surface area contributed by atoms with E-state index in [1.165, 1.54) is 12.0 Å². The molecule has 0 radical (unpaired) electrons. The maximum absolute atomic E-state index is 15.6. The van der Waals surface area contributed by atoms with E-state index in [1.807, 2.05) is 26.0 Å². The Bertz CT molecular complexity index is 2330. The Labute approximate surface area is 387 Å². The van der Waals surface area contributed by atoms with E-state index in [4.69, 9.17) is 23.4 Å². The molecule has 3 N–H and O–H groups in total. The highest BCUT2D eigenvalue weighted by molar-refractivity contribution is 5.92. The highest BCUT2D eigenvalue weighted by Crippen LogP contribution is 2.82. The number of benzene rings is 1. The fourth-order valence-corrected chi connectivity index (χ4v) is 18.7. The molecule has 66 heavy (non-hydrogen) atoms. The number of rotatable bonds is 6. The van der Waals surface area contributed by atoms with Crippen LogP contribution in [0.1, 0.15) is 114 Å². The average molecular weight is 905 g/mol. The lowest BCUT2D eigenvalue weighted by atomic mass is 9.32. The molecule has 19 unspecified atom stereocenters.